The van der Waals surface area contributed by atoms with Crippen LogP contribution in [0, 0.1) is 13.8 Å². The lowest BCUT2D eigenvalue weighted by molar-refractivity contribution is 0.878. The highest BCUT2D eigenvalue weighted by atomic mass is 14.8. The number of hydrogen-bond acceptors (Lipinski definition) is 1. The van der Waals surface area contributed by atoms with Gasteiger partial charge in [0, 0.05) is 6.21 Å². The third-order valence-electron chi connectivity index (χ3n) is 3.85. The lowest BCUT2D eigenvalue weighted by Crippen LogP contribution is -1.99. The number of rotatable bonds is 4. The average Bonchev–Trinajstić information content (AvgIpc) is 2.56. The van der Waals surface area contributed by atoms with Crippen molar-refractivity contribution in [2.45, 2.75) is 19.9 Å². The van der Waals surface area contributed by atoms with E-state index in [2.05, 4.69) is 80.6 Å². The van der Waals surface area contributed by atoms with Crippen LogP contribution in [0.1, 0.15) is 33.9 Å². The Labute approximate surface area is 138 Å². The van der Waals surface area contributed by atoms with Gasteiger partial charge in [0.05, 0.1) is 6.04 Å². The molecule has 1 nitrogen and oxygen atoms in total. The summed E-state index contributed by atoms with van der Waals surface area (Å²) in [4.78, 5) is 4.89. The summed E-state index contributed by atoms with van der Waals surface area (Å²) in [6.07, 6.45) is 1.99. The molecule has 0 saturated heterocycles. The number of benzene rings is 3. The molecule has 3 aromatic rings. The summed E-state index contributed by atoms with van der Waals surface area (Å²) in [7, 11) is 0. The monoisotopic (exact) mass is 299 g/mol. The molecule has 0 amide bonds. The third kappa shape index (κ3) is 3.95. The molecular formula is C22H21N. The normalized spacial score (nSPS) is 11.3. The zero-order chi connectivity index (χ0) is 16.1. The second-order valence-corrected chi connectivity index (χ2v) is 5.92. The van der Waals surface area contributed by atoms with E-state index >= 15 is 0 Å². The highest BCUT2D eigenvalue weighted by Gasteiger charge is 2.11. The van der Waals surface area contributed by atoms with Crippen LogP contribution in [-0.2, 0) is 0 Å². The van der Waals surface area contributed by atoms with Crippen LogP contribution >= 0.6 is 0 Å². The highest BCUT2D eigenvalue weighted by Crippen LogP contribution is 2.25. The molecule has 0 bridgehead atoms. The van der Waals surface area contributed by atoms with Crippen molar-refractivity contribution in [1.82, 2.24) is 0 Å². The molecule has 0 radical (unpaired) electrons. The maximum atomic E-state index is 4.89. The summed E-state index contributed by atoms with van der Waals surface area (Å²) in [6.45, 7) is 4.24. The summed E-state index contributed by atoms with van der Waals surface area (Å²) >= 11 is 0. The average molecular weight is 299 g/mol. The van der Waals surface area contributed by atoms with E-state index in [1.807, 2.05) is 18.3 Å². The molecule has 0 N–H and O–H groups in total. The molecule has 114 valence electrons. The van der Waals surface area contributed by atoms with Crippen LogP contribution < -0.4 is 0 Å². The first-order valence-corrected chi connectivity index (χ1v) is 7.94. The van der Waals surface area contributed by atoms with Crippen molar-refractivity contribution in [3.05, 3.63) is 107 Å². The van der Waals surface area contributed by atoms with Crippen LogP contribution in [0.3, 0.4) is 0 Å². The van der Waals surface area contributed by atoms with Crippen LogP contribution in [0.2, 0.25) is 0 Å². The third-order valence-corrected chi connectivity index (χ3v) is 3.85. The van der Waals surface area contributed by atoms with Gasteiger partial charge < -0.3 is 0 Å². The van der Waals surface area contributed by atoms with Gasteiger partial charge in [0.2, 0.25) is 0 Å². The predicted octanol–water partition coefficient (Wildman–Crippen LogP) is 5.51. The second-order valence-electron chi connectivity index (χ2n) is 5.92. The van der Waals surface area contributed by atoms with Gasteiger partial charge in [0.1, 0.15) is 0 Å². The minimum atomic E-state index is 0.0261. The minimum absolute atomic E-state index is 0.0261. The Morgan fingerprint density at radius 2 is 1.17 bits per heavy atom. The Hall–Kier alpha value is -2.67. The summed E-state index contributed by atoms with van der Waals surface area (Å²) < 4.78 is 0. The van der Waals surface area contributed by atoms with Crippen molar-refractivity contribution < 1.29 is 0 Å². The number of aliphatic imine (C=N–C) groups is 1. The molecule has 23 heavy (non-hydrogen) atoms. The Morgan fingerprint density at radius 3 is 1.65 bits per heavy atom. The van der Waals surface area contributed by atoms with Gasteiger partial charge in [0.15, 0.2) is 0 Å². The molecule has 0 unspecified atom stereocenters. The van der Waals surface area contributed by atoms with Crippen molar-refractivity contribution >= 4 is 6.21 Å². The summed E-state index contributed by atoms with van der Waals surface area (Å²) in [5.41, 5.74) is 6.10. The van der Waals surface area contributed by atoms with E-state index in [4.69, 9.17) is 4.99 Å². The minimum Gasteiger partial charge on any atom is -0.280 e. The molecule has 0 aliphatic carbocycles. The van der Waals surface area contributed by atoms with Gasteiger partial charge in [-0.15, -0.1) is 0 Å². The van der Waals surface area contributed by atoms with E-state index in [0.717, 1.165) is 5.56 Å². The molecule has 0 aromatic heterocycles. The zero-order valence-corrected chi connectivity index (χ0v) is 13.6. The van der Waals surface area contributed by atoms with Crippen LogP contribution in [0.15, 0.2) is 83.9 Å². The molecule has 0 aliphatic rings. The zero-order valence-electron chi connectivity index (χ0n) is 13.6. The van der Waals surface area contributed by atoms with E-state index < -0.39 is 0 Å². The van der Waals surface area contributed by atoms with Gasteiger partial charge in [-0.2, -0.15) is 0 Å². The molecule has 3 aromatic carbocycles. The van der Waals surface area contributed by atoms with E-state index in [1.165, 1.54) is 22.3 Å². The lowest BCUT2D eigenvalue weighted by Gasteiger charge is -2.13. The number of nitrogens with zero attached hydrogens (tertiary/aromatic N) is 1. The quantitative estimate of drug-likeness (QED) is 0.563. The molecule has 0 aliphatic heterocycles. The van der Waals surface area contributed by atoms with Gasteiger partial charge in [-0.25, -0.2) is 0 Å². The number of hydrogen-bond donors (Lipinski definition) is 0. The fraction of sp³-hybridized carbons (Fsp3) is 0.136. The van der Waals surface area contributed by atoms with Crippen molar-refractivity contribution in [1.29, 1.82) is 0 Å². The van der Waals surface area contributed by atoms with Crippen molar-refractivity contribution in [3.8, 4) is 0 Å². The van der Waals surface area contributed by atoms with Gasteiger partial charge in [-0.05, 0) is 30.5 Å². The standard InChI is InChI=1S/C22H21N/c1-17-13-18(2)15-19(14-17)16-23-22(20-9-5-3-6-10-20)21-11-7-4-8-12-21/h3-16,22H,1-2H3. The summed E-state index contributed by atoms with van der Waals surface area (Å²) in [5, 5.41) is 0. The molecule has 1 heteroatoms. The lowest BCUT2D eigenvalue weighted by atomic mass is 9.99. The first-order valence-electron chi connectivity index (χ1n) is 7.94. The van der Waals surface area contributed by atoms with E-state index in [1.54, 1.807) is 0 Å². The van der Waals surface area contributed by atoms with Crippen molar-refractivity contribution in [2.24, 2.45) is 4.99 Å². The van der Waals surface area contributed by atoms with Gasteiger partial charge >= 0.3 is 0 Å². The topological polar surface area (TPSA) is 12.4 Å². The Kier molecular flexibility index (Phi) is 4.68. The SMILES string of the molecule is Cc1cc(C)cc(C=NC(c2ccccc2)c2ccccc2)c1. The molecular weight excluding hydrogens is 278 g/mol. The maximum absolute atomic E-state index is 4.89. The Bertz CT molecular complexity index is 729. The number of aryl methyl sites for hydroxylation is 2. The maximum Gasteiger partial charge on any atom is 0.0999 e. The van der Waals surface area contributed by atoms with E-state index in [0.29, 0.717) is 0 Å². The fourth-order valence-corrected chi connectivity index (χ4v) is 2.88. The largest absolute Gasteiger partial charge is 0.280 e. The Balaban J connectivity index is 1.97. The molecule has 0 fully saturated rings. The van der Waals surface area contributed by atoms with Crippen LogP contribution in [0.25, 0.3) is 0 Å². The van der Waals surface area contributed by atoms with Crippen molar-refractivity contribution in [2.75, 3.05) is 0 Å². The van der Waals surface area contributed by atoms with E-state index in [-0.39, 0.29) is 6.04 Å². The molecule has 0 heterocycles. The van der Waals surface area contributed by atoms with Crippen molar-refractivity contribution in [3.63, 3.8) is 0 Å². The highest BCUT2D eigenvalue weighted by molar-refractivity contribution is 5.80. The first kappa shape index (κ1) is 15.2. The molecule has 0 atom stereocenters. The molecule has 0 spiro atoms. The molecule has 3 rings (SSSR count). The first-order chi connectivity index (χ1) is 11.2. The van der Waals surface area contributed by atoms with E-state index in [9.17, 15) is 0 Å². The van der Waals surface area contributed by atoms with Gasteiger partial charge in [0.25, 0.3) is 0 Å². The van der Waals surface area contributed by atoms with Crippen LogP contribution in [0.5, 0.6) is 0 Å². The van der Waals surface area contributed by atoms with Gasteiger partial charge in [-0.1, -0.05) is 90.0 Å². The van der Waals surface area contributed by atoms with Crippen LogP contribution in [-0.4, -0.2) is 6.21 Å². The van der Waals surface area contributed by atoms with Crippen LogP contribution in [0.4, 0.5) is 0 Å². The summed E-state index contributed by atoms with van der Waals surface area (Å²) in [6, 6.07) is 27.4. The molecule has 0 saturated carbocycles. The summed E-state index contributed by atoms with van der Waals surface area (Å²) in [5.74, 6) is 0. The second kappa shape index (κ2) is 7.06. The smallest absolute Gasteiger partial charge is 0.0999 e. The fourth-order valence-electron chi connectivity index (χ4n) is 2.88. The Morgan fingerprint density at radius 1 is 0.696 bits per heavy atom. The predicted molar refractivity (Wildman–Crippen MR) is 98.2 cm³/mol. The van der Waals surface area contributed by atoms with Gasteiger partial charge in [-0.3, -0.25) is 4.99 Å².